The number of hydrogen-bond acceptors (Lipinski definition) is 5. The van der Waals surface area contributed by atoms with E-state index in [1.807, 2.05) is 4.72 Å². The molecule has 23 heavy (non-hydrogen) atoms. The zero-order valence-electron chi connectivity index (χ0n) is 11.8. The fraction of sp³-hybridized carbons (Fsp3) is 0. The molecule has 0 aliphatic rings. The standard InChI is InChI=1S/C16H12N2O4S/c19-16(9-8-12-4-3-11-22-12)18-23(20,21)15-7-1-6-14-13(15)5-2-10-17-14/h1-11H,(H,18,19). The third-order valence-corrected chi connectivity index (χ3v) is 4.48. The van der Waals surface area contributed by atoms with Gasteiger partial charge in [-0.1, -0.05) is 6.07 Å². The van der Waals surface area contributed by atoms with Crippen molar-refractivity contribution in [3.63, 3.8) is 0 Å². The van der Waals surface area contributed by atoms with Gasteiger partial charge in [-0.2, -0.15) is 0 Å². The number of amides is 1. The molecular weight excluding hydrogens is 316 g/mol. The molecule has 0 aliphatic carbocycles. The Morgan fingerprint density at radius 1 is 1.13 bits per heavy atom. The van der Waals surface area contributed by atoms with E-state index in [0.29, 0.717) is 16.7 Å². The molecule has 0 radical (unpaired) electrons. The summed E-state index contributed by atoms with van der Waals surface area (Å²) in [6.07, 6.45) is 5.51. The Kier molecular flexibility index (Phi) is 3.94. The first-order chi connectivity index (χ1) is 11.1. The maximum Gasteiger partial charge on any atom is 0.264 e. The molecule has 0 spiro atoms. The summed E-state index contributed by atoms with van der Waals surface area (Å²) in [4.78, 5) is 15.9. The fourth-order valence-corrected chi connectivity index (χ4v) is 3.24. The Morgan fingerprint density at radius 3 is 2.78 bits per heavy atom. The van der Waals surface area contributed by atoms with Gasteiger partial charge in [0.25, 0.3) is 15.9 Å². The number of fused-ring (bicyclic) bond motifs is 1. The zero-order valence-corrected chi connectivity index (χ0v) is 12.7. The minimum absolute atomic E-state index is 0.00264. The highest BCUT2D eigenvalue weighted by molar-refractivity contribution is 7.90. The lowest BCUT2D eigenvalue weighted by Crippen LogP contribution is -2.29. The van der Waals surface area contributed by atoms with E-state index in [4.69, 9.17) is 4.42 Å². The summed E-state index contributed by atoms with van der Waals surface area (Å²) < 4.78 is 31.8. The summed E-state index contributed by atoms with van der Waals surface area (Å²) in [5.74, 6) is -0.311. The molecule has 0 fully saturated rings. The molecule has 3 rings (SSSR count). The molecule has 7 heteroatoms. The number of pyridine rings is 1. The first-order valence-electron chi connectivity index (χ1n) is 6.68. The maximum atomic E-state index is 12.4. The molecule has 0 saturated carbocycles. The molecule has 116 valence electrons. The van der Waals surface area contributed by atoms with Crippen LogP contribution >= 0.6 is 0 Å². The van der Waals surface area contributed by atoms with Crippen LogP contribution in [0.15, 0.2) is 70.3 Å². The lowest BCUT2D eigenvalue weighted by atomic mass is 10.2. The number of nitrogens with zero attached hydrogens (tertiary/aromatic N) is 1. The van der Waals surface area contributed by atoms with Crippen molar-refractivity contribution in [1.82, 2.24) is 9.71 Å². The van der Waals surface area contributed by atoms with E-state index in [2.05, 4.69) is 4.98 Å². The molecule has 2 heterocycles. The third kappa shape index (κ3) is 3.29. The van der Waals surface area contributed by atoms with Crippen LogP contribution in [0.5, 0.6) is 0 Å². The van der Waals surface area contributed by atoms with Crippen LogP contribution in [0.4, 0.5) is 0 Å². The number of hydrogen-bond donors (Lipinski definition) is 1. The average molecular weight is 328 g/mol. The van der Waals surface area contributed by atoms with Crippen LogP contribution in [0.25, 0.3) is 17.0 Å². The number of nitrogens with one attached hydrogen (secondary N) is 1. The van der Waals surface area contributed by atoms with Crippen molar-refractivity contribution in [1.29, 1.82) is 0 Å². The predicted molar refractivity (Wildman–Crippen MR) is 84.8 cm³/mol. The summed E-state index contributed by atoms with van der Waals surface area (Å²) in [5, 5.41) is 0.449. The van der Waals surface area contributed by atoms with E-state index in [9.17, 15) is 13.2 Å². The number of sulfonamides is 1. The van der Waals surface area contributed by atoms with Gasteiger partial charge in [0, 0.05) is 17.7 Å². The molecular formula is C16H12N2O4S. The van der Waals surface area contributed by atoms with E-state index >= 15 is 0 Å². The van der Waals surface area contributed by atoms with Crippen molar-refractivity contribution in [3.05, 3.63) is 66.8 Å². The van der Waals surface area contributed by atoms with Crippen molar-refractivity contribution >= 4 is 32.9 Å². The van der Waals surface area contributed by atoms with Crippen LogP contribution < -0.4 is 4.72 Å². The van der Waals surface area contributed by atoms with Crippen molar-refractivity contribution < 1.29 is 17.6 Å². The van der Waals surface area contributed by atoms with Crippen LogP contribution in [0.2, 0.25) is 0 Å². The highest BCUT2D eigenvalue weighted by Gasteiger charge is 2.19. The van der Waals surface area contributed by atoms with E-state index < -0.39 is 15.9 Å². The molecule has 0 aliphatic heterocycles. The van der Waals surface area contributed by atoms with Crippen LogP contribution in [0, 0.1) is 0 Å². The minimum atomic E-state index is -4.00. The molecule has 1 amide bonds. The molecule has 2 aromatic heterocycles. The van der Waals surface area contributed by atoms with Gasteiger partial charge in [0.15, 0.2) is 0 Å². The molecule has 0 saturated heterocycles. The second-order valence-corrected chi connectivity index (χ2v) is 6.30. The first-order valence-corrected chi connectivity index (χ1v) is 8.17. The summed E-state index contributed by atoms with van der Waals surface area (Å²) in [7, 11) is -4.00. The Labute approximate surface area is 132 Å². The van der Waals surface area contributed by atoms with Crippen molar-refractivity contribution in [3.8, 4) is 0 Å². The van der Waals surface area contributed by atoms with Gasteiger partial charge < -0.3 is 4.42 Å². The van der Waals surface area contributed by atoms with Crippen LogP contribution in [-0.2, 0) is 14.8 Å². The zero-order chi connectivity index (χ0) is 16.3. The van der Waals surface area contributed by atoms with Crippen molar-refractivity contribution in [2.45, 2.75) is 4.90 Å². The topological polar surface area (TPSA) is 89.3 Å². The second kappa shape index (κ2) is 6.05. The molecule has 3 aromatic rings. The van der Waals surface area contributed by atoms with E-state index in [1.54, 1.807) is 42.6 Å². The monoisotopic (exact) mass is 328 g/mol. The van der Waals surface area contributed by atoms with Crippen LogP contribution in [-0.4, -0.2) is 19.3 Å². The Hall–Kier alpha value is -2.93. The smallest absolute Gasteiger partial charge is 0.264 e. The van der Waals surface area contributed by atoms with Gasteiger partial charge in [-0.25, -0.2) is 13.1 Å². The summed E-state index contributed by atoms with van der Waals surface area (Å²) >= 11 is 0. The van der Waals surface area contributed by atoms with E-state index in [1.165, 1.54) is 18.4 Å². The molecule has 1 N–H and O–H groups in total. The van der Waals surface area contributed by atoms with Gasteiger partial charge in [-0.3, -0.25) is 9.78 Å². The molecule has 0 unspecified atom stereocenters. The predicted octanol–water partition coefficient (Wildman–Crippen LogP) is 2.35. The van der Waals surface area contributed by atoms with Gasteiger partial charge in [0.2, 0.25) is 0 Å². The third-order valence-electron chi connectivity index (χ3n) is 3.07. The highest BCUT2D eigenvalue weighted by atomic mass is 32.2. The van der Waals surface area contributed by atoms with Gasteiger partial charge in [-0.05, 0) is 42.5 Å². The number of carbonyl (C=O) groups is 1. The van der Waals surface area contributed by atoms with Crippen molar-refractivity contribution in [2.24, 2.45) is 0 Å². The van der Waals surface area contributed by atoms with Gasteiger partial charge in [0.1, 0.15) is 5.76 Å². The second-order valence-electron chi connectivity index (χ2n) is 4.64. The molecule has 1 aromatic carbocycles. The highest BCUT2D eigenvalue weighted by Crippen LogP contribution is 2.20. The van der Waals surface area contributed by atoms with E-state index in [0.717, 1.165) is 6.08 Å². The SMILES string of the molecule is O=C(C=Cc1ccco1)NS(=O)(=O)c1cccc2ncccc12. The maximum absolute atomic E-state index is 12.4. The number of benzene rings is 1. The average Bonchev–Trinajstić information content (AvgIpc) is 3.05. The summed E-state index contributed by atoms with van der Waals surface area (Å²) in [6, 6.07) is 11.3. The van der Waals surface area contributed by atoms with Gasteiger partial charge in [-0.15, -0.1) is 0 Å². The first kappa shape index (κ1) is 15.0. The number of rotatable bonds is 4. The minimum Gasteiger partial charge on any atom is -0.465 e. The van der Waals surface area contributed by atoms with Gasteiger partial charge in [0.05, 0.1) is 16.7 Å². The lowest BCUT2D eigenvalue weighted by Gasteiger charge is -2.07. The van der Waals surface area contributed by atoms with Crippen molar-refractivity contribution in [2.75, 3.05) is 0 Å². The fourth-order valence-electron chi connectivity index (χ4n) is 2.07. The van der Waals surface area contributed by atoms with E-state index in [-0.39, 0.29) is 4.90 Å². The quantitative estimate of drug-likeness (QED) is 0.743. The molecule has 0 bridgehead atoms. The molecule has 6 nitrogen and oxygen atoms in total. The summed E-state index contributed by atoms with van der Waals surface area (Å²) in [6.45, 7) is 0. The van der Waals surface area contributed by atoms with Crippen LogP contribution in [0.3, 0.4) is 0 Å². The summed E-state index contributed by atoms with van der Waals surface area (Å²) in [5.41, 5.74) is 0.536. The number of carbonyl (C=O) groups excluding carboxylic acids is 1. The largest absolute Gasteiger partial charge is 0.465 e. The normalized spacial score (nSPS) is 11.8. The Morgan fingerprint density at radius 2 is 2.00 bits per heavy atom. The Balaban J connectivity index is 1.87. The Bertz CT molecular complexity index is 971. The van der Waals surface area contributed by atoms with Crippen LogP contribution in [0.1, 0.15) is 5.76 Å². The molecule has 0 atom stereocenters. The lowest BCUT2D eigenvalue weighted by molar-refractivity contribution is -0.114. The number of furan rings is 1. The van der Waals surface area contributed by atoms with Gasteiger partial charge >= 0.3 is 0 Å². The number of aromatic nitrogens is 1.